The van der Waals surface area contributed by atoms with Crippen LogP contribution in [0.5, 0.6) is 0 Å². The van der Waals surface area contributed by atoms with Crippen molar-refractivity contribution in [3.63, 3.8) is 0 Å². The molecule has 6 aromatic rings. The molecule has 15 heteroatoms. The van der Waals surface area contributed by atoms with Crippen LogP contribution in [0.1, 0.15) is 32.3 Å². The molecule has 0 unspecified atom stereocenters. The maximum Gasteiger partial charge on any atom is 1.00 e. The first-order valence-corrected chi connectivity index (χ1v) is 21.6. The second kappa shape index (κ2) is 22.8. The number of hydrogen-bond donors (Lipinski definition) is 1. The van der Waals surface area contributed by atoms with Crippen molar-refractivity contribution in [2.75, 3.05) is 47.9 Å². The van der Waals surface area contributed by atoms with Crippen LogP contribution in [-0.4, -0.2) is 83.5 Å². The second-order valence-corrected chi connectivity index (χ2v) is 18.0. The molecule has 0 atom stereocenters. The van der Waals surface area contributed by atoms with Gasteiger partial charge in [-0.2, -0.15) is 0 Å². The summed E-state index contributed by atoms with van der Waals surface area (Å²) in [6.45, 7) is 4.11. The Hall–Kier alpha value is -1.37. The zero-order valence-electron chi connectivity index (χ0n) is 31.1. The van der Waals surface area contributed by atoms with Gasteiger partial charge in [-0.25, -0.2) is 20.8 Å². The van der Waals surface area contributed by atoms with Gasteiger partial charge in [-0.1, -0.05) is 56.2 Å². The Morgan fingerprint density at radius 2 is 1.31 bits per heavy atom. The Morgan fingerprint density at radius 3 is 1.80 bits per heavy atom. The van der Waals surface area contributed by atoms with Crippen molar-refractivity contribution in [1.29, 1.82) is 0 Å². The predicted octanol–water partition coefficient (Wildman–Crippen LogP) is 4.25. The molecule has 9 nitrogen and oxygen atoms in total. The van der Waals surface area contributed by atoms with Crippen molar-refractivity contribution in [3.8, 4) is 0 Å². The van der Waals surface area contributed by atoms with Gasteiger partial charge in [0, 0.05) is 46.9 Å². The average Bonchev–Trinajstić information content (AvgIpc) is 3.88. The fourth-order valence-electron chi connectivity index (χ4n) is 4.60. The minimum absolute atomic E-state index is 0. The number of likely N-dealkylation sites (N-methyl/N-ethyl adjacent to an activating group) is 2. The Kier molecular flexibility index (Phi) is 20.4. The number of rotatable bonds is 11. The standard InChI is InChI=1S/C16H18N2O2S2.C10H14N2S.C6H5ClO2S.C4H9O.K.H/c1-17(2)10-8-13-12-18(16-15(13)9-11-21-16)22(19,20)14-6-4-3-5-7-14;1-12(2)5-3-8-7-11-10-9(8)4-6-13-10;7-10(8,9)6-4-2-1-3-5-6;1-2-3-4-5;;/h3-7,9,11-12H,8,10H2,1-2H3;4,6-7,11H,3,5H2,1-2H3;1-5H;2-4H2,1H3;;/q;;;-1;+1;-1/i;;;;;1+2. The monoisotopic (exact) mass is 819 g/mol. The molecule has 0 saturated carbocycles. The fraction of sp³-hybridized carbons (Fsp3) is 0.333. The third-order valence-electron chi connectivity index (χ3n) is 7.33. The third-order valence-corrected chi connectivity index (χ3v) is 12.2. The number of unbranched alkanes of at least 4 members (excludes halogenated alkanes) is 1. The number of nitrogens with one attached hydrogen (secondary N) is 1. The summed E-state index contributed by atoms with van der Waals surface area (Å²) < 4.78 is 48.3. The van der Waals surface area contributed by atoms with Crippen molar-refractivity contribution in [3.05, 3.63) is 107 Å². The SMILES string of the molecule is CCCC[O-].CN(C)CCc1c[nH]c2sccc12.CN(C)CCc1cn(S(=O)(=O)c2ccccc2)c2sccc12.O=S(=O)(Cl)c1ccccc1.[3H-].[K+]. The molecule has 0 amide bonds. The van der Waals surface area contributed by atoms with Gasteiger partial charge in [0.15, 0.2) is 0 Å². The molecule has 0 aliphatic carbocycles. The van der Waals surface area contributed by atoms with Crippen LogP contribution in [0.3, 0.4) is 0 Å². The molecule has 0 fully saturated rings. The molecule has 6 rings (SSSR count). The van der Waals surface area contributed by atoms with Gasteiger partial charge >= 0.3 is 51.4 Å². The van der Waals surface area contributed by atoms with E-state index in [1.807, 2.05) is 38.5 Å². The van der Waals surface area contributed by atoms with Crippen LogP contribution in [-0.2, 0) is 31.9 Å². The smallest absolute Gasteiger partial charge is 1.00 e. The number of fused-ring (bicyclic) bond motifs is 2. The van der Waals surface area contributed by atoms with Crippen LogP contribution in [0.15, 0.2) is 106 Å². The van der Waals surface area contributed by atoms with Crippen LogP contribution in [0.2, 0.25) is 0 Å². The maximum atomic E-state index is 12.9. The first kappa shape index (κ1) is 45.8. The summed E-state index contributed by atoms with van der Waals surface area (Å²) in [6.07, 6.45) is 7.72. The van der Waals surface area contributed by atoms with Crippen LogP contribution in [0.4, 0.5) is 0 Å². The molecule has 0 radical (unpaired) electrons. The molecule has 1 N–H and O–H groups in total. The number of H-pyrrole nitrogens is 1. The number of hydrogen-bond acceptors (Lipinski definition) is 9. The van der Waals surface area contributed by atoms with Gasteiger partial charge in [-0.3, -0.25) is 0 Å². The van der Waals surface area contributed by atoms with Gasteiger partial charge in [0.05, 0.1) is 14.6 Å². The van der Waals surface area contributed by atoms with E-state index in [1.165, 1.54) is 43.2 Å². The summed E-state index contributed by atoms with van der Waals surface area (Å²) in [7, 11) is 6.21. The van der Waals surface area contributed by atoms with E-state index in [1.54, 1.807) is 60.0 Å². The van der Waals surface area contributed by atoms with Crippen molar-refractivity contribution in [1.82, 2.24) is 18.8 Å². The molecule has 0 spiro atoms. The molecule has 0 aliphatic rings. The number of nitrogens with zero attached hydrogens (tertiary/aromatic N) is 3. The Bertz CT molecular complexity index is 2080. The van der Waals surface area contributed by atoms with Gasteiger partial charge < -0.3 is 21.3 Å². The largest absolute Gasteiger partial charge is 1.00 e. The van der Waals surface area contributed by atoms with Crippen molar-refractivity contribution in [2.45, 2.75) is 42.4 Å². The summed E-state index contributed by atoms with van der Waals surface area (Å²) in [5, 5.41) is 16.0. The predicted molar refractivity (Wildman–Crippen MR) is 210 cm³/mol. The minimum Gasteiger partial charge on any atom is -1.00 e. The van der Waals surface area contributed by atoms with Crippen molar-refractivity contribution >= 4 is 72.9 Å². The van der Waals surface area contributed by atoms with E-state index in [9.17, 15) is 21.9 Å². The third kappa shape index (κ3) is 14.4. The van der Waals surface area contributed by atoms with Gasteiger partial charge in [-0.05, 0) is 99.3 Å². The van der Waals surface area contributed by atoms with Crippen molar-refractivity contribution < 1.29 is 74.8 Å². The normalized spacial score (nSPS) is 11.3. The zero-order valence-corrected chi connectivity index (χ0v) is 37.2. The summed E-state index contributed by atoms with van der Waals surface area (Å²) >= 11 is 3.23. The van der Waals surface area contributed by atoms with E-state index >= 15 is 0 Å². The van der Waals surface area contributed by atoms with E-state index in [0.717, 1.165) is 54.6 Å². The first-order valence-electron chi connectivity index (χ1n) is 16.1. The minimum atomic E-state index is -3.54. The van der Waals surface area contributed by atoms with Crippen LogP contribution in [0, 0.1) is 0 Å². The molecular weight excluding hydrogens is 771 g/mol. The average molecular weight is 821 g/mol. The van der Waals surface area contributed by atoms with Crippen molar-refractivity contribution in [2.24, 2.45) is 0 Å². The number of halogens is 1. The molecule has 0 bridgehead atoms. The van der Waals surface area contributed by atoms with Gasteiger partial charge in [-0.15, -0.1) is 29.3 Å². The molecule has 0 saturated heterocycles. The maximum absolute atomic E-state index is 12.9. The number of aromatic amines is 1. The summed E-state index contributed by atoms with van der Waals surface area (Å²) in [4.78, 5) is 10.1. The number of aromatic nitrogens is 2. The Labute approximate surface area is 359 Å². The van der Waals surface area contributed by atoms with Crippen LogP contribution in [0.25, 0.3) is 20.4 Å². The molecular formula is C36H47ClKN4O5S4-. The molecule has 0 aliphatic heterocycles. The van der Waals surface area contributed by atoms with Crippen LogP contribution >= 0.6 is 33.4 Å². The number of thiophene rings is 2. The fourth-order valence-corrected chi connectivity index (χ4v) is 8.73. The molecule has 4 heterocycles. The summed E-state index contributed by atoms with van der Waals surface area (Å²) in [5.41, 5.74) is 2.51. The molecule has 274 valence electrons. The summed E-state index contributed by atoms with van der Waals surface area (Å²) in [6, 6.07) is 20.6. The van der Waals surface area contributed by atoms with E-state index in [-0.39, 0.29) is 64.3 Å². The van der Waals surface area contributed by atoms with E-state index in [0.29, 0.717) is 4.90 Å². The van der Waals surface area contributed by atoms with E-state index in [4.69, 9.17) is 10.7 Å². The second-order valence-electron chi connectivity index (χ2n) is 11.8. The van der Waals surface area contributed by atoms with Crippen LogP contribution < -0.4 is 56.5 Å². The quantitative estimate of drug-likeness (QED) is 0.154. The Morgan fingerprint density at radius 1 is 0.784 bits per heavy atom. The topological polar surface area (TPSA) is 119 Å². The first-order chi connectivity index (χ1) is 23.8. The number of benzene rings is 2. The molecule has 2 aromatic carbocycles. The van der Waals surface area contributed by atoms with Gasteiger partial charge in [0.2, 0.25) is 0 Å². The van der Waals surface area contributed by atoms with Gasteiger partial charge in [0.25, 0.3) is 19.1 Å². The zero-order chi connectivity index (χ0) is 36.7. The molecule has 4 aromatic heterocycles. The van der Waals surface area contributed by atoms with E-state index in [2.05, 4.69) is 46.5 Å². The summed E-state index contributed by atoms with van der Waals surface area (Å²) in [5.74, 6) is 0. The van der Waals surface area contributed by atoms with E-state index < -0.39 is 19.1 Å². The molecule has 51 heavy (non-hydrogen) atoms. The van der Waals surface area contributed by atoms with Gasteiger partial charge in [0.1, 0.15) is 4.83 Å². The Balaban J connectivity index is 0.000000385.